The third-order valence-corrected chi connectivity index (χ3v) is 6.14. The number of halogens is 2. The van der Waals surface area contributed by atoms with Gasteiger partial charge in [-0.05, 0) is 65.2 Å². The first-order valence-electron chi connectivity index (χ1n) is 11.7. The van der Waals surface area contributed by atoms with Crippen molar-refractivity contribution >= 4 is 29.1 Å². The lowest BCUT2D eigenvalue weighted by atomic mass is 10.0. The molecule has 0 saturated carbocycles. The Balaban J connectivity index is 1.72. The topological polar surface area (TPSA) is 58.6 Å². The molecule has 2 amide bonds. The molecular weight excluding hydrogens is 491 g/mol. The first-order valence-corrected chi connectivity index (χ1v) is 12.1. The fourth-order valence-corrected chi connectivity index (χ4v) is 4.11. The van der Waals surface area contributed by atoms with Crippen LogP contribution in [0, 0.1) is 5.82 Å². The maximum absolute atomic E-state index is 13.8. The molecule has 4 aromatic carbocycles. The summed E-state index contributed by atoms with van der Waals surface area (Å²) < 4.78 is 18.8. The summed E-state index contributed by atoms with van der Waals surface area (Å²) in [7, 11) is 1.57. The van der Waals surface area contributed by atoms with Gasteiger partial charge in [0.15, 0.2) is 0 Å². The van der Waals surface area contributed by atoms with Crippen LogP contribution in [0.25, 0.3) is 0 Å². The second-order valence-electron chi connectivity index (χ2n) is 8.48. The number of rotatable bonds is 9. The number of hydrogen-bond donors (Lipinski definition) is 1. The van der Waals surface area contributed by atoms with E-state index in [1.54, 1.807) is 67.8 Å². The molecule has 0 bridgehead atoms. The van der Waals surface area contributed by atoms with E-state index in [1.165, 1.54) is 17.0 Å². The van der Waals surface area contributed by atoms with Gasteiger partial charge in [-0.1, -0.05) is 66.2 Å². The van der Waals surface area contributed by atoms with Crippen LogP contribution in [0.2, 0.25) is 5.02 Å². The van der Waals surface area contributed by atoms with Crippen LogP contribution in [0.15, 0.2) is 103 Å². The molecule has 0 aromatic heterocycles. The zero-order valence-electron chi connectivity index (χ0n) is 20.2. The molecule has 0 aliphatic carbocycles. The molecule has 0 spiro atoms. The smallest absolute Gasteiger partial charge is 0.251 e. The highest BCUT2D eigenvalue weighted by atomic mass is 35.5. The summed E-state index contributed by atoms with van der Waals surface area (Å²) in [5.41, 5.74) is 2.67. The standard InChI is InChI=1S/C30H26ClFN2O3/c1-37-27-17-15-26(16-18-27)33-30(36)29(23-9-11-24(31)12-10-23)34(20-22-7-13-25(32)14-8-22)28(35)19-21-5-3-2-4-6-21/h2-18,29H,19-20H2,1H3,(H,33,36). The van der Waals surface area contributed by atoms with Gasteiger partial charge < -0.3 is 15.0 Å². The summed E-state index contributed by atoms with van der Waals surface area (Å²) in [5, 5.41) is 3.43. The van der Waals surface area contributed by atoms with Crippen molar-refractivity contribution < 1.29 is 18.7 Å². The lowest BCUT2D eigenvalue weighted by Crippen LogP contribution is -2.41. The number of amides is 2. The normalized spacial score (nSPS) is 11.4. The number of anilines is 1. The van der Waals surface area contributed by atoms with Crippen LogP contribution in [-0.4, -0.2) is 23.8 Å². The van der Waals surface area contributed by atoms with Gasteiger partial charge in [0, 0.05) is 17.3 Å². The van der Waals surface area contributed by atoms with Gasteiger partial charge in [-0.25, -0.2) is 4.39 Å². The lowest BCUT2D eigenvalue weighted by Gasteiger charge is -2.32. The molecule has 0 heterocycles. The Kier molecular flexibility index (Phi) is 8.54. The molecule has 0 saturated heterocycles. The Morgan fingerprint density at radius 3 is 2.14 bits per heavy atom. The Bertz CT molecular complexity index is 1330. The van der Waals surface area contributed by atoms with Gasteiger partial charge in [0.25, 0.3) is 5.91 Å². The average molecular weight is 517 g/mol. The Hall–Kier alpha value is -4.16. The van der Waals surface area contributed by atoms with Crippen molar-refractivity contribution in [2.45, 2.75) is 19.0 Å². The van der Waals surface area contributed by atoms with E-state index < -0.39 is 11.9 Å². The predicted octanol–water partition coefficient (Wildman–Crippen LogP) is 6.44. The highest BCUT2D eigenvalue weighted by Crippen LogP contribution is 2.28. The van der Waals surface area contributed by atoms with Crippen LogP contribution < -0.4 is 10.1 Å². The minimum absolute atomic E-state index is 0.0991. The molecule has 1 atom stereocenters. The monoisotopic (exact) mass is 516 g/mol. The summed E-state index contributed by atoms with van der Waals surface area (Å²) in [4.78, 5) is 29.0. The first kappa shape index (κ1) is 25.9. The number of methoxy groups -OCH3 is 1. The van der Waals surface area contributed by atoms with E-state index in [1.807, 2.05) is 30.3 Å². The number of hydrogen-bond acceptors (Lipinski definition) is 3. The van der Waals surface area contributed by atoms with Crippen LogP contribution >= 0.6 is 11.6 Å². The van der Waals surface area contributed by atoms with Crippen molar-refractivity contribution in [2.75, 3.05) is 12.4 Å². The van der Waals surface area contributed by atoms with Gasteiger partial charge in [0.2, 0.25) is 5.91 Å². The molecule has 0 radical (unpaired) electrons. The van der Waals surface area contributed by atoms with Crippen molar-refractivity contribution in [3.05, 3.63) is 131 Å². The van der Waals surface area contributed by atoms with E-state index in [-0.39, 0.29) is 24.7 Å². The summed E-state index contributed by atoms with van der Waals surface area (Å²) in [6, 6.07) is 28.0. The highest BCUT2D eigenvalue weighted by molar-refractivity contribution is 6.30. The van der Waals surface area contributed by atoms with Gasteiger partial charge in [0.1, 0.15) is 17.6 Å². The van der Waals surface area contributed by atoms with E-state index in [0.717, 1.165) is 5.56 Å². The van der Waals surface area contributed by atoms with Crippen molar-refractivity contribution in [1.29, 1.82) is 0 Å². The van der Waals surface area contributed by atoms with Gasteiger partial charge in [-0.3, -0.25) is 9.59 Å². The van der Waals surface area contributed by atoms with Crippen molar-refractivity contribution in [2.24, 2.45) is 0 Å². The molecule has 37 heavy (non-hydrogen) atoms. The minimum atomic E-state index is -0.972. The number of carbonyl (C=O) groups excluding carboxylic acids is 2. The van der Waals surface area contributed by atoms with Crippen molar-refractivity contribution in [3.63, 3.8) is 0 Å². The fourth-order valence-electron chi connectivity index (χ4n) is 3.98. The van der Waals surface area contributed by atoms with Crippen LogP contribution in [0.5, 0.6) is 5.75 Å². The van der Waals surface area contributed by atoms with E-state index in [2.05, 4.69) is 5.32 Å². The maximum Gasteiger partial charge on any atom is 0.251 e. The van der Waals surface area contributed by atoms with Crippen molar-refractivity contribution in [1.82, 2.24) is 4.90 Å². The Morgan fingerprint density at radius 2 is 1.51 bits per heavy atom. The third-order valence-electron chi connectivity index (χ3n) is 5.89. The maximum atomic E-state index is 13.8. The molecule has 0 aliphatic heterocycles. The second kappa shape index (κ2) is 12.2. The molecule has 1 unspecified atom stereocenters. The first-order chi connectivity index (χ1) is 17.9. The number of nitrogens with one attached hydrogen (secondary N) is 1. The molecule has 4 rings (SSSR count). The number of benzene rings is 4. The summed E-state index contributed by atoms with van der Waals surface area (Å²) in [5.74, 6) is -0.364. The lowest BCUT2D eigenvalue weighted by molar-refractivity contribution is -0.139. The van der Waals surface area contributed by atoms with Gasteiger partial charge in [-0.15, -0.1) is 0 Å². The number of ether oxygens (including phenoxy) is 1. The van der Waals surface area contributed by atoms with E-state index in [9.17, 15) is 14.0 Å². The fraction of sp³-hybridized carbons (Fsp3) is 0.133. The van der Waals surface area contributed by atoms with Crippen molar-refractivity contribution in [3.8, 4) is 5.75 Å². The number of nitrogens with zero attached hydrogens (tertiary/aromatic N) is 1. The highest BCUT2D eigenvalue weighted by Gasteiger charge is 2.32. The zero-order chi connectivity index (χ0) is 26.2. The molecule has 1 N–H and O–H groups in total. The SMILES string of the molecule is COc1ccc(NC(=O)C(c2ccc(Cl)cc2)N(Cc2ccc(F)cc2)C(=O)Cc2ccccc2)cc1. The van der Waals surface area contributed by atoms with E-state index in [4.69, 9.17) is 16.3 Å². The summed E-state index contributed by atoms with van der Waals surface area (Å²) in [6.45, 7) is 0.106. The van der Waals surface area contributed by atoms with Crippen LogP contribution in [0.3, 0.4) is 0 Å². The van der Waals surface area contributed by atoms with E-state index >= 15 is 0 Å². The van der Waals surface area contributed by atoms with Gasteiger partial charge >= 0.3 is 0 Å². The van der Waals surface area contributed by atoms with Gasteiger partial charge in [0.05, 0.1) is 13.5 Å². The molecular formula is C30H26ClFN2O3. The van der Waals surface area contributed by atoms with Gasteiger partial charge in [-0.2, -0.15) is 0 Å². The molecule has 0 fully saturated rings. The zero-order valence-corrected chi connectivity index (χ0v) is 21.0. The Morgan fingerprint density at radius 1 is 0.865 bits per heavy atom. The predicted molar refractivity (Wildman–Crippen MR) is 143 cm³/mol. The average Bonchev–Trinajstić information content (AvgIpc) is 2.91. The Labute approximate surface area is 220 Å². The second-order valence-corrected chi connectivity index (χ2v) is 8.92. The van der Waals surface area contributed by atoms with E-state index in [0.29, 0.717) is 27.6 Å². The molecule has 188 valence electrons. The molecule has 4 aromatic rings. The van der Waals surface area contributed by atoms with Crippen LogP contribution in [-0.2, 0) is 22.6 Å². The quantitative estimate of drug-likeness (QED) is 0.278. The molecule has 0 aliphatic rings. The van der Waals surface area contributed by atoms with Crippen LogP contribution in [0.4, 0.5) is 10.1 Å². The minimum Gasteiger partial charge on any atom is -0.497 e. The molecule has 7 heteroatoms. The third kappa shape index (κ3) is 6.96. The summed E-state index contributed by atoms with van der Waals surface area (Å²) >= 11 is 6.12. The number of carbonyl (C=O) groups is 2. The largest absolute Gasteiger partial charge is 0.497 e. The van der Waals surface area contributed by atoms with Crippen LogP contribution in [0.1, 0.15) is 22.7 Å². The molecule has 5 nitrogen and oxygen atoms in total. The summed E-state index contributed by atoms with van der Waals surface area (Å²) in [6.07, 6.45) is 0.0991.